The van der Waals surface area contributed by atoms with Crippen LogP contribution in [-0.4, -0.2) is 43.0 Å². The molecule has 1 aliphatic heterocycles. The Morgan fingerprint density at radius 3 is 2.95 bits per heavy atom. The molecule has 1 unspecified atom stereocenters. The van der Waals surface area contributed by atoms with E-state index in [4.69, 9.17) is 4.42 Å². The number of carbonyl (C=O) groups is 1. The number of likely N-dealkylation sites (tertiary alicyclic amines) is 1. The molecule has 2 aromatic rings. The van der Waals surface area contributed by atoms with E-state index in [0.717, 1.165) is 18.7 Å². The Hall–Kier alpha value is -2.30. The fourth-order valence-corrected chi connectivity index (χ4v) is 2.79. The highest BCUT2D eigenvalue weighted by Crippen LogP contribution is 2.29. The van der Waals surface area contributed by atoms with E-state index < -0.39 is 0 Å². The third-order valence-corrected chi connectivity index (χ3v) is 3.86. The van der Waals surface area contributed by atoms with Crippen molar-refractivity contribution in [3.63, 3.8) is 0 Å². The number of nitrogens with zero attached hydrogens (tertiary/aromatic N) is 3. The van der Waals surface area contributed by atoms with Gasteiger partial charge < -0.3 is 14.2 Å². The lowest BCUT2D eigenvalue weighted by molar-refractivity contribution is 0.0790. The van der Waals surface area contributed by atoms with Gasteiger partial charge in [0.1, 0.15) is 11.6 Å². The van der Waals surface area contributed by atoms with E-state index in [-0.39, 0.29) is 5.91 Å². The van der Waals surface area contributed by atoms with Crippen molar-refractivity contribution >= 4 is 11.7 Å². The van der Waals surface area contributed by atoms with E-state index in [1.807, 2.05) is 42.1 Å². The number of aromatic nitrogens is 1. The molecule has 2 aromatic heterocycles. The number of carbonyl (C=O) groups excluding carboxylic acids is 1. The molecule has 0 spiro atoms. The van der Waals surface area contributed by atoms with Gasteiger partial charge in [-0.25, -0.2) is 4.98 Å². The summed E-state index contributed by atoms with van der Waals surface area (Å²) < 4.78 is 5.45. The molecule has 5 nitrogen and oxygen atoms in total. The first-order valence-electron chi connectivity index (χ1n) is 7.12. The smallest absolute Gasteiger partial charge is 0.257 e. The van der Waals surface area contributed by atoms with E-state index in [9.17, 15) is 4.79 Å². The van der Waals surface area contributed by atoms with Crippen molar-refractivity contribution in [2.24, 2.45) is 0 Å². The predicted octanol–water partition coefficient (Wildman–Crippen LogP) is 2.37. The van der Waals surface area contributed by atoms with Crippen molar-refractivity contribution in [2.45, 2.75) is 12.3 Å². The van der Waals surface area contributed by atoms with Crippen LogP contribution < -0.4 is 4.90 Å². The number of hydrogen-bond acceptors (Lipinski definition) is 4. The lowest BCUT2D eigenvalue weighted by Gasteiger charge is -2.20. The standard InChI is InChI=1S/C16H19N3O2/c1-18(2)15-13(5-3-8-17-15)16(20)19-9-7-12(11-19)14-6-4-10-21-14/h3-6,8,10,12H,7,9,11H2,1-2H3. The Morgan fingerprint density at radius 2 is 2.24 bits per heavy atom. The van der Waals surface area contributed by atoms with Crippen LogP contribution >= 0.6 is 0 Å². The van der Waals surface area contributed by atoms with Crippen LogP contribution in [0.1, 0.15) is 28.5 Å². The Balaban J connectivity index is 1.78. The Bertz CT molecular complexity index is 622. The molecule has 0 aliphatic carbocycles. The van der Waals surface area contributed by atoms with Gasteiger partial charge in [0.2, 0.25) is 0 Å². The fraction of sp³-hybridized carbons (Fsp3) is 0.375. The maximum atomic E-state index is 12.7. The minimum absolute atomic E-state index is 0.0425. The molecular weight excluding hydrogens is 266 g/mol. The number of pyridine rings is 1. The average Bonchev–Trinajstić information content (AvgIpc) is 3.17. The van der Waals surface area contributed by atoms with Gasteiger partial charge in [-0.05, 0) is 30.7 Å². The molecule has 1 amide bonds. The van der Waals surface area contributed by atoms with Gasteiger partial charge >= 0.3 is 0 Å². The van der Waals surface area contributed by atoms with Crippen molar-refractivity contribution in [2.75, 3.05) is 32.1 Å². The second-order valence-electron chi connectivity index (χ2n) is 5.52. The van der Waals surface area contributed by atoms with Crippen molar-refractivity contribution in [3.8, 4) is 0 Å². The van der Waals surface area contributed by atoms with Gasteiger partial charge in [-0.2, -0.15) is 0 Å². The van der Waals surface area contributed by atoms with E-state index in [2.05, 4.69) is 4.98 Å². The second-order valence-corrected chi connectivity index (χ2v) is 5.52. The van der Waals surface area contributed by atoms with Crippen LogP contribution in [0.25, 0.3) is 0 Å². The fourth-order valence-electron chi connectivity index (χ4n) is 2.79. The topological polar surface area (TPSA) is 49.6 Å². The zero-order valence-electron chi connectivity index (χ0n) is 12.3. The molecule has 1 fully saturated rings. The van der Waals surface area contributed by atoms with Gasteiger partial charge in [0, 0.05) is 39.3 Å². The first-order valence-corrected chi connectivity index (χ1v) is 7.12. The summed E-state index contributed by atoms with van der Waals surface area (Å²) in [5.41, 5.74) is 0.655. The molecule has 0 aromatic carbocycles. The first-order chi connectivity index (χ1) is 10.2. The summed E-state index contributed by atoms with van der Waals surface area (Å²) in [6, 6.07) is 7.52. The normalized spacial score (nSPS) is 18.0. The predicted molar refractivity (Wildman–Crippen MR) is 80.5 cm³/mol. The number of rotatable bonds is 3. The first kappa shape index (κ1) is 13.7. The monoisotopic (exact) mass is 285 g/mol. The third-order valence-electron chi connectivity index (χ3n) is 3.86. The number of anilines is 1. The molecule has 0 N–H and O–H groups in total. The highest BCUT2D eigenvalue weighted by Gasteiger charge is 2.30. The molecule has 0 radical (unpaired) electrons. The lowest BCUT2D eigenvalue weighted by atomic mass is 10.1. The van der Waals surface area contributed by atoms with E-state index in [1.54, 1.807) is 18.5 Å². The number of amides is 1. The van der Waals surface area contributed by atoms with Crippen LogP contribution in [0, 0.1) is 0 Å². The van der Waals surface area contributed by atoms with Gasteiger partial charge in [0.05, 0.1) is 11.8 Å². The Kier molecular flexibility index (Phi) is 3.64. The summed E-state index contributed by atoms with van der Waals surface area (Å²) in [6.45, 7) is 1.46. The number of hydrogen-bond donors (Lipinski definition) is 0. The van der Waals surface area contributed by atoms with Crippen LogP contribution in [0.5, 0.6) is 0 Å². The van der Waals surface area contributed by atoms with Crippen molar-refractivity contribution in [3.05, 3.63) is 48.0 Å². The van der Waals surface area contributed by atoms with Gasteiger partial charge in [-0.15, -0.1) is 0 Å². The number of furan rings is 1. The van der Waals surface area contributed by atoms with Crippen molar-refractivity contribution < 1.29 is 9.21 Å². The Morgan fingerprint density at radius 1 is 1.38 bits per heavy atom. The largest absolute Gasteiger partial charge is 0.469 e. The SMILES string of the molecule is CN(C)c1ncccc1C(=O)N1CCC(c2ccco2)C1. The highest BCUT2D eigenvalue weighted by atomic mass is 16.3. The molecule has 3 heterocycles. The molecule has 110 valence electrons. The maximum absolute atomic E-state index is 12.7. The average molecular weight is 285 g/mol. The molecule has 1 saturated heterocycles. The molecule has 1 atom stereocenters. The second kappa shape index (κ2) is 5.60. The lowest BCUT2D eigenvalue weighted by Crippen LogP contribution is -2.30. The van der Waals surface area contributed by atoms with E-state index in [1.165, 1.54) is 0 Å². The summed E-state index contributed by atoms with van der Waals surface area (Å²) in [6.07, 6.45) is 4.34. The van der Waals surface area contributed by atoms with Gasteiger partial charge in [-0.3, -0.25) is 4.79 Å². The summed E-state index contributed by atoms with van der Waals surface area (Å²) in [4.78, 5) is 20.8. The highest BCUT2D eigenvalue weighted by molar-refractivity contribution is 5.99. The van der Waals surface area contributed by atoms with Crippen molar-refractivity contribution in [1.29, 1.82) is 0 Å². The Labute approximate surface area is 124 Å². The van der Waals surface area contributed by atoms with Crippen LogP contribution in [0.15, 0.2) is 41.1 Å². The zero-order chi connectivity index (χ0) is 14.8. The quantitative estimate of drug-likeness (QED) is 0.868. The molecule has 0 bridgehead atoms. The molecular formula is C16H19N3O2. The molecule has 0 saturated carbocycles. The molecule has 3 rings (SSSR count). The zero-order valence-corrected chi connectivity index (χ0v) is 12.3. The van der Waals surface area contributed by atoms with Gasteiger partial charge in [0.15, 0.2) is 0 Å². The summed E-state index contributed by atoms with van der Waals surface area (Å²) in [7, 11) is 3.80. The van der Waals surface area contributed by atoms with Crippen molar-refractivity contribution in [1.82, 2.24) is 9.88 Å². The summed E-state index contributed by atoms with van der Waals surface area (Å²) in [5.74, 6) is 2.01. The van der Waals surface area contributed by atoms with Crippen LogP contribution in [-0.2, 0) is 0 Å². The van der Waals surface area contributed by atoms with Crippen LogP contribution in [0.4, 0.5) is 5.82 Å². The van der Waals surface area contributed by atoms with Gasteiger partial charge in [-0.1, -0.05) is 0 Å². The minimum atomic E-state index is 0.0425. The summed E-state index contributed by atoms with van der Waals surface area (Å²) in [5, 5.41) is 0. The molecule has 1 aliphatic rings. The van der Waals surface area contributed by atoms with E-state index >= 15 is 0 Å². The van der Waals surface area contributed by atoms with Crippen LogP contribution in [0.3, 0.4) is 0 Å². The summed E-state index contributed by atoms with van der Waals surface area (Å²) >= 11 is 0. The molecule has 21 heavy (non-hydrogen) atoms. The third kappa shape index (κ3) is 2.63. The van der Waals surface area contributed by atoms with Crippen LogP contribution in [0.2, 0.25) is 0 Å². The maximum Gasteiger partial charge on any atom is 0.257 e. The van der Waals surface area contributed by atoms with Gasteiger partial charge in [0.25, 0.3) is 5.91 Å². The van der Waals surface area contributed by atoms with E-state index in [0.29, 0.717) is 23.8 Å². The minimum Gasteiger partial charge on any atom is -0.469 e. The molecule has 5 heteroatoms.